The molecule has 0 radical (unpaired) electrons. The third-order valence-electron chi connectivity index (χ3n) is 12.7. The summed E-state index contributed by atoms with van der Waals surface area (Å²) in [6.07, 6.45) is 0. The first-order valence-electron chi connectivity index (χ1n) is 21.2. The average Bonchev–Trinajstić information content (AvgIpc) is 3.71. The Bertz CT molecular complexity index is 3570. The summed E-state index contributed by atoms with van der Waals surface area (Å²) in [4.78, 5) is 4.88. The van der Waals surface area contributed by atoms with E-state index in [1.807, 2.05) is 0 Å². The Hall–Kier alpha value is -7.40. The zero-order chi connectivity index (χ0) is 40.8. The summed E-state index contributed by atoms with van der Waals surface area (Å²) in [6, 6.07) is 73.4. The first kappa shape index (κ1) is 35.5. The molecular weight excluding hydrogens is 757 g/mol. The lowest BCUT2D eigenvalue weighted by atomic mass is 9.91. The molecule has 1 heterocycles. The number of rotatable bonds is 8. The fourth-order valence-corrected chi connectivity index (χ4v) is 11.0. The molecular formula is C57H42N2OSi. The Kier molecular flexibility index (Phi) is 7.90. The van der Waals surface area contributed by atoms with Gasteiger partial charge in [0.25, 0.3) is 0 Å². The molecule has 0 unspecified atom stereocenters. The molecule has 0 aliphatic carbocycles. The predicted molar refractivity (Wildman–Crippen MR) is 264 cm³/mol. The van der Waals surface area contributed by atoms with Gasteiger partial charge >= 0.3 is 0 Å². The van der Waals surface area contributed by atoms with E-state index in [9.17, 15) is 0 Å². The fourth-order valence-electron chi connectivity index (χ4n) is 9.79. The van der Waals surface area contributed by atoms with Gasteiger partial charge in [0.2, 0.25) is 0 Å². The second-order valence-electron chi connectivity index (χ2n) is 17.3. The van der Waals surface area contributed by atoms with Crippen LogP contribution < -0.4 is 15.0 Å². The van der Waals surface area contributed by atoms with Gasteiger partial charge in [0.15, 0.2) is 5.58 Å². The molecule has 0 bridgehead atoms. The molecule has 12 aromatic rings. The van der Waals surface area contributed by atoms with Crippen molar-refractivity contribution in [2.24, 2.45) is 0 Å². The van der Waals surface area contributed by atoms with Gasteiger partial charge in [-0.3, -0.25) is 0 Å². The molecule has 0 saturated heterocycles. The summed E-state index contributed by atoms with van der Waals surface area (Å²) in [7, 11) is -1.55. The van der Waals surface area contributed by atoms with Gasteiger partial charge in [-0.2, -0.15) is 0 Å². The van der Waals surface area contributed by atoms with Crippen molar-refractivity contribution >= 4 is 112 Å². The molecule has 0 N–H and O–H groups in total. The minimum Gasteiger partial charge on any atom is -0.454 e. The number of furan rings is 1. The Morgan fingerprint density at radius 3 is 1.52 bits per heavy atom. The fraction of sp³-hybridized carbons (Fsp3) is 0.0526. The molecule has 12 rings (SSSR count). The van der Waals surface area contributed by atoms with Gasteiger partial charge in [-0.1, -0.05) is 170 Å². The largest absolute Gasteiger partial charge is 0.454 e. The van der Waals surface area contributed by atoms with E-state index in [2.05, 4.69) is 230 Å². The molecule has 0 spiro atoms. The number of hydrogen-bond donors (Lipinski definition) is 0. The van der Waals surface area contributed by atoms with Crippen LogP contribution in [0.3, 0.4) is 0 Å². The lowest BCUT2D eigenvalue weighted by Crippen LogP contribution is -2.37. The molecule has 11 aromatic carbocycles. The smallest absolute Gasteiger partial charge is 0.160 e. The van der Waals surface area contributed by atoms with Crippen LogP contribution in [0.4, 0.5) is 34.1 Å². The number of anilines is 6. The SMILES string of the molecule is C[Si](C)(C)c1ccc(N(c2ccc3ccc4c(N(c5ccccc5)c5ccccc5-c5ccccc5)ccc5ccc2c3c54)c2ccc3ccc4cccc5oc2c3c45)cc1. The van der Waals surface area contributed by atoms with Crippen LogP contribution in [0.25, 0.3) is 76.2 Å². The van der Waals surface area contributed by atoms with E-state index in [-0.39, 0.29) is 0 Å². The highest BCUT2D eigenvalue weighted by Crippen LogP contribution is 2.51. The first-order chi connectivity index (χ1) is 29.9. The van der Waals surface area contributed by atoms with Crippen LogP contribution >= 0.6 is 0 Å². The molecule has 0 fully saturated rings. The first-order valence-corrected chi connectivity index (χ1v) is 24.7. The second-order valence-corrected chi connectivity index (χ2v) is 22.4. The molecule has 0 atom stereocenters. The van der Waals surface area contributed by atoms with Crippen LogP contribution in [0.15, 0.2) is 205 Å². The number of hydrogen-bond acceptors (Lipinski definition) is 3. The van der Waals surface area contributed by atoms with E-state index in [0.29, 0.717) is 0 Å². The molecule has 290 valence electrons. The predicted octanol–water partition coefficient (Wildman–Crippen LogP) is 16.2. The van der Waals surface area contributed by atoms with Crippen LogP contribution in [-0.4, -0.2) is 8.07 Å². The Morgan fingerprint density at radius 1 is 0.361 bits per heavy atom. The summed E-state index contributed by atoms with van der Waals surface area (Å²) in [5.41, 5.74) is 10.8. The Morgan fingerprint density at radius 2 is 0.869 bits per heavy atom. The Balaban J connectivity index is 1.13. The van der Waals surface area contributed by atoms with Crippen molar-refractivity contribution in [1.82, 2.24) is 0 Å². The maximum absolute atomic E-state index is 6.90. The second kappa shape index (κ2) is 13.6. The van der Waals surface area contributed by atoms with Crippen LogP contribution in [0.1, 0.15) is 0 Å². The molecule has 3 nitrogen and oxygen atoms in total. The van der Waals surface area contributed by atoms with Gasteiger partial charge in [-0.25, -0.2) is 0 Å². The van der Waals surface area contributed by atoms with E-state index in [4.69, 9.17) is 4.42 Å². The van der Waals surface area contributed by atoms with Gasteiger partial charge in [0, 0.05) is 38.5 Å². The minimum atomic E-state index is -1.55. The van der Waals surface area contributed by atoms with Crippen molar-refractivity contribution in [3.05, 3.63) is 200 Å². The summed E-state index contributed by atoms with van der Waals surface area (Å²) in [6.45, 7) is 7.23. The zero-order valence-corrected chi connectivity index (χ0v) is 35.4. The molecule has 4 heteroatoms. The molecule has 0 saturated carbocycles. The third kappa shape index (κ3) is 5.56. The molecule has 61 heavy (non-hydrogen) atoms. The number of nitrogens with zero attached hydrogens (tertiary/aromatic N) is 2. The van der Waals surface area contributed by atoms with E-state index in [1.54, 1.807) is 0 Å². The monoisotopic (exact) mass is 798 g/mol. The summed E-state index contributed by atoms with van der Waals surface area (Å²) in [5.74, 6) is 0. The molecule has 1 aromatic heterocycles. The van der Waals surface area contributed by atoms with Gasteiger partial charge < -0.3 is 14.2 Å². The lowest BCUT2D eigenvalue weighted by molar-refractivity contribution is 0.669. The highest BCUT2D eigenvalue weighted by Gasteiger charge is 2.26. The van der Waals surface area contributed by atoms with Crippen LogP contribution in [0, 0.1) is 0 Å². The summed E-state index contributed by atoms with van der Waals surface area (Å²) < 4.78 is 6.90. The van der Waals surface area contributed by atoms with E-state index < -0.39 is 8.07 Å². The van der Waals surface area contributed by atoms with Gasteiger partial charge in [0.1, 0.15) is 5.58 Å². The minimum absolute atomic E-state index is 0.905. The van der Waals surface area contributed by atoms with E-state index >= 15 is 0 Å². The topological polar surface area (TPSA) is 19.6 Å². The van der Waals surface area contributed by atoms with Crippen molar-refractivity contribution < 1.29 is 4.42 Å². The average molecular weight is 799 g/mol. The maximum atomic E-state index is 6.90. The molecule has 0 amide bonds. The van der Waals surface area contributed by atoms with E-state index in [1.165, 1.54) is 70.2 Å². The highest BCUT2D eigenvalue weighted by molar-refractivity contribution is 6.88. The van der Waals surface area contributed by atoms with Gasteiger partial charge in [0.05, 0.1) is 30.8 Å². The van der Waals surface area contributed by atoms with Crippen molar-refractivity contribution in [2.75, 3.05) is 9.80 Å². The van der Waals surface area contributed by atoms with Gasteiger partial charge in [-0.15, -0.1) is 0 Å². The van der Waals surface area contributed by atoms with Crippen molar-refractivity contribution in [2.45, 2.75) is 19.6 Å². The normalized spacial score (nSPS) is 12.2. The lowest BCUT2D eigenvalue weighted by Gasteiger charge is -2.30. The van der Waals surface area contributed by atoms with E-state index in [0.717, 1.165) is 45.3 Å². The summed E-state index contributed by atoms with van der Waals surface area (Å²) >= 11 is 0. The summed E-state index contributed by atoms with van der Waals surface area (Å²) in [5, 5.41) is 13.5. The quantitative estimate of drug-likeness (QED) is 0.113. The maximum Gasteiger partial charge on any atom is 0.160 e. The van der Waals surface area contributed by atoms with Crippen LogP contribution in [0.5, 0.6) is 0 Å². The highest BCUT2D eigenvalue weighted by atomic mass is 28.3. The van der Waals surface area contributed by atoms with Gasteiger partial charge in [-0.05, 0) is 92.5 Å². The van der Waals surface area contributed by atoms with Crippen molar-refractivity contribution in [1.29, 1.82) is 0 Å². The van der Waals surface area contributed by atoms with Crippen LogP contribution in [-0.2, 0) is 0 Å². The third-order valence-corrected chi connectivity index (χ3v) is 14.8. The molecule has 0 aliphatic rings. The van der Waals surface area contributed by atoms with Crippen molar-refractivity contribution in [3.8, 4) is 11.1 Å². The number of benzene rings is 11. The number of para-hydroxylation sites is 2. The standard InChI is InChI=1S/C57H42N2OSi/c1-61(2,3)44-30-28-43(29-31-44)59(51-36-27-41-22-21-38-15-12-20-52-55(38)56(41)57(51)60-52)50-35-26-40-23-32-46-49(34-25-39-24-33-47(50)54(40)53(39)46)58(42-16-8-5-9-17-42)48-19-11-10-18-45(48)37-13-6-4-7-14-37/h4-36H,1-3H3. The van der Waals surface area contributed by atoms with Crippen LogP contribution in [0.2, 0.25) is 19.6 Å². The zero-order valence-electron chi connectivity index (χ0n) is 34.4. The van der Waals surface area contributed by atoms with Crippen molar-refractivity contribution in [3.63, 3.8) is 0 Å². The molecule has 0 aliphatic heterocycles. The Labute approximate surface area is 356 Å².